The van der Waals surface area contributed by atoms with Gasteiger partial charge in [0.15, 0.2) is 0 Å². The second kappa shape index (κ2) is 13.7. The number of hydrogen-bond acceptors (Lipinski definition) is 6. The highest BCUT2D eigenvalue weighted by Gasteiger charge is 2.40. The lowest BCUT2D eigenvalue weighted by Gasteiger charge is -2.36. The van der Waals surface area contributed by atoms with Crippen molar-refractivity contribution in [1.29, 1.82) is 0 Å². The summed E-state index contributed by atoms with van der Waals surface area (Å²) in [6, 6.07) is 5.65. The molecule has 0 unspecified atom stereocenters. The lowest BCUT2D eigenvalue weighted by Crippen LogP contribution is -2.44. The molecule has 1 heterocycles. The standard InChI is InChI=1S/C27H28ClF5N2O4S.C2HF3O2/c28-18-3-6-22(27(31,32)33)17(11-18)14-35-9-7-26(30,8-10-35)15-39-24-13-23(29)21(12-20(24)16-1-2-16)25(36)34-40(37,38)19-4-5-19;3-2(4,5)1(6)7/h3,6,11-13,16,19H,1-2,4-5,7-10,14-15H2,(H,34,36);(H,6,7). The number of carbonyl (C=O) groups is 2. The molecule has 1 amide bonds. The minimum absolute atomic E-state index is 0.00429. The molecule has 2 saturated carbocycles. The number of rotatable bonds is 9. The number of nitrogens with zero attached hydrogens (tertiary/aromatic N) is 1. The third kappa shape index (κ3) is 9.92. The van der Waals surface area contributed by atoms with E-state index in [0.29, 0.717) is 18.4 Å². The Morgan fingerprint density at radius 2 is 1.62 bits per heavy atom. The number of likely N-dealkylation sites (tertiary alicyclic amines) is 1. The third-order valence-electron chi connectivity index (χ3n) is 7.81. The van der Waals surface area contributed by atoms with Crippen molar-refractivity contribution >= 4 is 33.5 Å². The van der Waals surface area contributed by atoms with Gasteiger partial charge in [0, 0.05) is 30.7 Å². The SMILES string of the molecule is O=C(NS(=O)(=O)C1CC1)c1cc(C2CC2)c(OCC2(F)CCN(Cc3cc(Cl)ccc3C(F)(F)F)CC2)cc1F.O=C(O)C(F)(F)F. The van der Waals surface area contributed by atoms with Crippen molar-refractivity contribution in [2.75, 3.05) is 19.7 Å². The molecule has 0 radical (unpaired) electrons. The average molecular weight is 721 g/mol. The molecule has 5 rings (SSSR count). The number of sulfonamides is 1. The molecule has 0 aromatic heterocycles. The lowest BCUT2D eigenvalue weighted by atomic mass is 9.93. The summed E-state index contributed by atoms with van der Waals surface area (Å²) in [6.45, 7) is -0.0693. The first-order valence-corrected chi connectivity index (χ1v) is 16.2. The Balaban J connectivity index is 0.000000644. The maximum absolute atomic E-state index is 15.6. The van der Waals surface area contributed by atoms with Gasteiger partial charge in [-0.05, 0) is 79.8 Å². The van der Waals surface area contributed by atoms with Crippen molar-refractivity contribution in [3.63, 3.8) is 0 Å². The van der Waals surface area contributed by atoms with E-state index in [1.54, 1.807) is 4.90 Å². The van der Waals surface area contributed by atoms with Crippen LogP contribution in [0.5, 0.6) is 5.75 Å². The van der Waals surface area contributed by atoms with E-state index in [-0.39, 0.29) is 54.7 Å². The van der Waals surface area contributed by atoms with E-state index in [1.807, 2.05) is 4.72 Å². The Kier molecular flexibility index (Phi) is 10.7. The normalized spacial score (nSPS) is 18.6. The highest BCUT2D eigenvalue weighted by Crippen LogP contribution is 2.46. The molecule has 0 spiro atoms. The van der Waals surface area contributed by atoms with Gasteiger partial charge >= 0.3 is 18.3 Å². The lowest BCUT2D eigenvalue weighted by molar-refractivity contribution is -0.192. The maximum atomic E-state index is 15.6. The first-order chi connectivity index (χ1) is 21.7. The van der Waals surface area contributed by atoms with E-state index >= 15 is 4.39 Å². The van der Waals surface area contributed by atoms with Gasteiger partial charge in [-0.2, -0.15) is 26.3 Å². The molecule has 3 fully saturated rings. The summed E-state index contributed by atoms with van der Waals surface area (Å²) in [6.07, 6.45) is -7.20. The van der Waals surface area contributed by atoms with Gasteiger partial charge in [0.25, 0.3) is 5.91 Å². The van der Waals surface area contributed by atoms with Crippen LogP contribution < -0.4 is 9.46 Å². The fraction of sp³-hybridized carbons (Fsp3) is 0.517. The molecule has 47 heavy (non-hydrogen) atoms. The van der Waals surface area contributed by atoms with Gasteiger partial charge in [0.05, 0.1) is 16.4 Å². The van der Waals surface area contributed by atoms with Crippen LogP contribution in [0.1, 0.15) is 71.5 Å². The third-order valence-corrected chi connectivity index (χ3v) is 9.86. The van der Waals surface area contributed by atoms with Crippen LogP contribution >= 0.6 is 11.6 Å². The zero-order valence-electron chi connectivity index (χ0n) is 24.4. The number of piperidine rings is 1. The second-order valence-electron chi connectivity index (χ2n) is 11.6. The number of hydrogen-bond donors (Lipinski definition) is 2. The van der Waals surface area contributed by atoms with Crippen LogP contribution in [0, 0.1) is 5.82 Å². The van der Waals surface area contributed by atoms with E-state index in [4.69, 9.17) is 26.2 Å². The number of aliphatic carboxylic acids is 1. The Labute approximate surface area is 269 Å². The van der Waals surface area contributed by atoms with Crippen molar-refractivity contribution < 1.29 is 63.0 Å². The van der Waals surface area contributed by atoms with E-state index in [1.165, 1.54) is 18.2 Å². The largest absolute Gasteiger partial charge is 0.490 e. The van der Waals surface area contributed by atoms with Gasteiger partial charge in [0.1, 0.15) is 23.8 Å². The van der Waals surface area contributed by atoms with Gasteiger partial charge in [-0.1, -0.05) is 11.6 Å². The zero-order valence-corrected chi connectivity index (χ0v) is 25.9. The minimum atomic E-state index is -5.08. The van der Waals surface area contributed by atoms with Gasteiger partial charge in [-0.15, -0.1) is 0 Å². The monoisotopic (exact) mass is 720 g/mol. The van der Waals surface area contributed by atoms with E-state index < -0.39 is 68.7 Å². The Bertz CT molecular complexity index is 1600. The maximum Gasteiger partial charge on any atom is 0.490 e. The number of halogens is 9. The van der Waals surface area contributed by atoms with Gasteiger partial charge in [-0.3, -0.25) is 9.69 Å². The number of carboxylic acid groups (broad SMARTS) is 1. The summed E-state index contributed by atoms with van der Waals surface area (Å²) in [4.78, 5) is 23.1. The summed E-state index contributed by atoms with van der Waals surface area (Å²) < 4.78 is 134. The van der Waals surface area contributed by atoms with E-state index in [0.717, 1.165) is 25.0 Å². The quantitative estimate of drug-likeness (QED) is 0.280. The van der Waals surface area contributed by atoms with Crippen LogP contribution in [-0.2, 0) is 27.5 Å². The number of amides is 1. The highest BCUT2D eigenvalue weighted by molar-refractivity contribution is 7.91. The Hall–Kier alpha value is -3.18. The Morgan fingerprint density at radius 1 is 1.02 bits per heavy atom. The summed E-state index contributed by atoms with van der Waals surface area (Å²) >= 11 is 5.91. The predicted molar refractivity (Wildman–Crippen MR) is 152 cm³/mol. The van der Waals surface area contributed by atoms with Crippen LogP contribution in [0.25, 0.3) is 0 Å². The molecule has 0 atom stereocenters. The zero-order chi connectivity index (χ0) is 34.9. The van der Waals surface area contributed by atoms with Crippen molar-refractivity contribution in [1.82, 2.24) is 9.62 Å². The molecule has 2 aromatic carbocycles. The summed E-state index contributed by atoms with van der Waals surface area (Å²) in [5.41, 5.74) is -2.46. The fourth-order valence-corrected chi connectivity index (χ4v) is 6.39. The number of alkyl halides is 7. The smallest absolute Gasteiger partial charge is 0.490 e. The van der Waals surface area contributed by atoms with E-state index in [9.17, 15) is 43.9 Å². The number of nitrogens with one attached hydrogen (secondary N) is 1. The Morgan fingerprint density at radius 3 is 2.13 bits per heavy atom. The predicted octanol–water partition coefficient (Wildman–Crippen LogP) is 6.61. The first-order valence-electron chi connectivity index (χ1n) is 14.3. The van der Waals surface area contributed by atoms with Gasteiger partial charge in [0.2, 0.25) is 10.0 Å². The molecule has 1 aliphatic heterocycles. The number of carboxylic acids is 1. The molecule has 18 heteroatoms. The molecule has 3 aliphatic rings. The fourth-order valence-electron chi connectivity index (χ4n) is 4.90. The first kappa shape index (κ1) is 36.7. The number of ether oxygens (including phenoxy) is 1. The molecule has 2 N–H and O–H groups in total. The van der Waals surface area contributed by atoms with Crippen LogP contribution in [0.2, 0.25) is 5.02 Å². The van der Waals surface area contributed by atoms with Crippen molar-refractivity contribution in [3.8, 4) is 5.75 Å². The molecule has 0 bridgehead atoms. The van der Waals surface area contributed by atoms with E-state index in [2.05, 4.69) is 0 Å². The average Bonchev–Trinajstić information content (AvgIpc) is 3.85. The summed E-state index contributed by atoms with van der Waals surface area (Å²) in [5.74, 6) is -4.71. The van der Waals surface area contributed by atoms with Crippen LogP contribution in [0.3, 0.4) is 0 Å². The molecular formula is C29H29ClF8N2O6S. The van der Waals surface area contributed by atoms with Crippen LogP contribution in [-0.4, -0.2) is 67.1 Å². The van der Waals surface area contributed by atoms with Gasteiger partial charge < -0.3 is 9.84 Å². The minimum Gasteiger partial charge on any atom is -0.490 e. The molecule has 2 aromatic rings. The van der Waals surface area contributed by atoms with Crippen LogP contribution in [0.4, 0.5) is 35.1 Å². The molecule has 260 valence electrons. The molecule has 8 nitrogen and oxygen atoms in total. The molecular weight excluding hydrogens is 692 g/mol. The second-order valence-corrected chi connectivity index (χ2v) is 14.0. The molecule has 2 aliphatic carbocycles. The highest BCUT2D eigenvalue weighted by atomic mass is 35.5. The van der Waals surface area contributed by atoms with Crippen LogP contribution in [0.15, 0.2) is 30.3 Å². The number of benzene rings is 2. The summed E-state index contributed by atoms with van der Waals surface area (Å²) in [5, 5.41) is 6.66. The topological polar surface area (TPSA) is 113 Å². The molecule has 1 saturated heterocycles. The van der Waals surface area contributed by atoms with Gasteiger partial charge in [-0.25, -0.2) is 26.7 Å². The van der Waals surface area contributed by atoms with Crippen molar-refractivity contribution in [2.24, 2.45) is 0 Å². The summed E-state index contributed by atoms with van der Waals surface area (Å²) in [7, 11) is -3.86. The van der Waals surface area contributed by atoms with Crippen molar-refractivity contribution in [3.05, 3.63) is 63.4 Å². The number of carbonyl (C=O) groups excluding carboxylic acids is 1. The van der Waals surface area contributed by atoms with Crippen molar-refractivity contribution in [2.45, 2.75) is 74.3 Å².